The molecular weight excluding hydrogens is 382 g/mol. The fraction of sp³-hybridized carbons (Fsp3) is 0.0870. The topological polar surface area (TPSA) is 126 Å². The van der Waals surface area contributed by atoms with Crippen molar-refractivity contribution in [3.05, 3.63) is 95.6 Å². The van der Waals surface area contributed by atoms with Crippen molar-refractivity contribution in [1.29, 1.82) is 5.41 Å². The summed E-state index contributed by atoms with van der Waals surface area (Å²) in [4.78, 5) is 24.2. The molecule has 0 bridgehead atoms. The molecule has 1 amide bonds. The number of benzene rings is 3. The van der Waals surface area contributed by atoms with Crippen LogP contribution in [0.25, 0.3) is 0 Å². The number of amides is 1. The van der Waals surface area contributed by atoms with E-state index in [1.165, 1.54) is 24.3 Å². The summed E-state index contributed by atoms with van der Waals surface area (Å²) in [6.45, 7) is 0. The number of carbonyl (C=O) groups is 2. The number of amidine groups is 1. The van der Waals surface area contributed by atoms with E-state index < -0.39 is 17.9 Å². The number of nitrogens with one attached hydrogen (secondary N) is 2. The minimum Gasteiger partial charge on any atom is -0.480 e. The van der Waals surface area contributed by atoms with Crippen LogP contribution in [0.3, 0.4) is 0 Å². The number of para-hydroxylation sites is 1. The SMILES string of the molecule is N=C(N)c1ccc(C(=O)N[C@@H](Cc2cccc(Oc3ccccc3)c2)C(=O)O)cc1. The predicted octanol–water partition coefficient (Wildman–Crippen LogP) is 3.19. The Morgan fingerprint density at radius 1 is 0.933 bits per heavy atom. The summed E-state index contributed by atoms with van der Waals surface area (Å²) in [5, 5.41) is 19.5. The number of ether oxygens (including phenoxy) is 1. The number of hydrogen-bond donors (Lipinski definition) is 4. The number of rotatable bonds is 8. The average Bonchev–Trinajstić information content (AvgIpc) is 2.74. The molecule has 0 fully saturated rings. The maximum atomic E-state index is 12.5. The molecule has 0 aromatic heterocycles. The lowest BCUT2D eigenvalue weighted by molar-refractivity contribution is -0.139. The molecule has 0 spiro atoms. The highest BCUT2D eigenvalue weighted by molar-refractivity contribution is 5.99. The molecule has 0 aliphatic heterocycles. The quantitative estimate of drug-likeness (QED) is 0.339. The molecule has 152 valence electrons. The Morgan fingerprint density at radius 2 is 1.57 bits per heavy atom. The Balaban J connectivity index is 1.69. The van der Waals surface area contributed by atoms with Gasteiger partial charge in [-0.05, 0) is 42.0 Å². The third-order valence-electron chi connectivity index (χ3n) is 4.38. The van der Waals surface area contributed by atoms with Crippen molar-refractivity contribution in [2.75, 3.05) is 0 Å². The second-order valence-corrected chi connectivity index (χ2v) is 6.62. The number of carboxylic acid groups (broad SMARTS) is 1. The van der Waals surface area contributed by atoms with Gasteiger partial charge < -0.3 is 20.9 Å². The van der Waals surface area contributed by atoms with Gasteiger partial charge in [0.25, 0.3) is 5.91 Å². The fourth-order valence-corrected chi connectivity index (χ4v) is 2.84. The van der Waals surface area contributed by atoms with E-state index in [-0.39, 0.29) is 17.8 Å². The lowest BCUT2D eigenvalue weighted by Gasteiger charge is -2.15. The standard InChI is InChI=1S/C23H21N3O4/c24-21(25)16-9-11-17(12-10-16)22(27)26-20(23(28)29)14-15-5-4-8-19(13-15)30-18-6-2-1-3-7-18/h1-13,20H,14H2,(H3,24,25)(H,26,27)(H,28,29)/t20-/m0/s1. The number of hydrogen-bond acceptors (Lipinski definition) is 4. The zero-order valence-corrected chi connectivity index (χ0v) is 16.0. The van der Waals surface area contributed by atoms with Gasteiger partial charge in [-0.3, -0.25) is 10.2 Å². The molecule has 0 aliphatic carbocycles. The first kappa shape index (κ1) is 20.6. The van der Waals surface area contributed by atoms with Gasteiger partial charge in [-0.2, -0.15) is 0 Å². The molecule has 5 N–H and O–H groups in total. The summed E-state index contributed by atoms with van der Waals surface area (Å²) < 4.78 is 5.78. The molecular formula is C23H21N3O4. The van der Waals surface area contributed by atoms with Crippen LogP contribution in [0.4, 0.5) is 0 Å². The smallest absolute Gasteiger partial charge is 0.326 e. The number of carbonyl (C=O) groups excluding carboxylic acids is 1. The lowest BCUT2D eigenvalue weighted by Crippen LogP contribution is -2.42. The maximum Gasteiger partial charge on any atom is 0.326 e. The van der Waals surface area contributed by atoms with Crippen molar-refractivity contribution in [2.24, 2.45) is 5.73 Å². The summed E-state index contributed by atoms with van der Waals surface area (Å²) >= 11 is 0. The fourth-order valence-electron chi connectivity index (χ4n) is 2.84. The van der Waals surface area contributed by atoms with E-state index >= 15 is 0 Å². The number of carboxylic acids is 1. The zero-order chi connectivity index (χ0) is 21.5. The van der Waals surface area contributed by atoms with Gasteiger partial charge in [-0.15, -0.1) is 0 Å². The van der Waals surface area contributed by atoms with Crippen molar-refractivity contribution >= 4 is 17.7 Å². The van der Waals surface area contributed by atoms with Crippen molar-refractivity contribution in [3.8, 4) is 11.5 Å². The highest BCUT2D eigenvalue weighted by atomic mass is 16.5. The Labute approximate surface area is 173 Å². The van der Waals surface area contributed by atoms with E-state index in [0.717, 1.165) is 0 Å². The largest absolute Gasteiger partial charge is 0.480 e. The summed E-state index contributed by atoms with van der Waals surface area (Å²) in [5.41, 5.74) is 6.88. The first-order valence-corrected chi connectivity index (χ1v) is 9.22. The first-order valence-electron chi connectivity index (χ1n) is 9.22. The Hall–Kier alpha value is -4.13. The van der Waals surface area contributed by atoms with Crippen molar-refractivity contribution in [2.45, 2.75) is 12.5 Å². The second kappa shape index (κ2) is 9.38. The van der Waals surface area contributed by atoms with Crippen molar-refractivity contribution in [1.82, 2.24) is 5.32 Å². The third-order valence-corrected chi connectivity index (χ3v) is 4.38. The van der Waals surface area contributed by atoms with Crippen LogP contribution >= 0.6 is 0 Å². The molecule has 0 heterocycles. The zero-order valence-electron chi connectivity index (χ0n) is 16.0. The van der Waals surface area contributed by atoms with E-state index in [9.17, 15) is 14.7 Å². The minimum atomic E-state index is -1.14. The van der Waals surface area contributed by atoms with E-state index in [1.807, 2.05) is 30.3 Å². The van der Waals surface area contributed by atoms with Crippen LogP contribution < -0.4 is 15.8 Å². The van der Waals surface area contributed by atoms with Crippen LogP contribution in [-0.4, -0.2) is 28.9 Å². The molecule has 1 atom stereocenters. The van der Waals surface area contributed by atoms with Gasteiger partial charge in [0.1, 0.15) is 23.4 Å². The van der Waals surface area contributed by atoms with Gasteiger partial charge in [0.2, 0.25) is 0 Å². The van der Waals surface area contributed by atoms with Crippen molar-refractivity contribution < 1.29 is 19.4 Å². The summed E-state index contributed by atoms with van der Waals surface area (Å²) in [6.07, 6.45) is 0.0958. The van der Waals surface area contributed by atoms with Gasteiger partial charge >= 0.3 is 5.97 Å². The van der Waals surface area contributed by atoms with Gasteiger partial charge in [-0.25, -0.2) is 4.79 Å². The summed E-state index contributed by atoms with van der Waals surface area (Å²) in [6, 6.07) is 21.3. The van der Waals surface area contributed by atoms with Crippen LogP contribution in [0.1, 0.15) is 21.5 Å². The normalized spacial score (nSPS) is 11.3. The molecule has 7 nitrogen and oxygen atoms in total. The van der Waals surface area contributed by atoms with Gasteiger partial charge in [0.05, 0.1) is 0 Å². The van der Waals surface area contributed by atoms with Crippen LogP contribution in [0.5, 0.6) is 11.5 Å². The van der Waals surface area contributed by atoms with Gasteiger partial charge in [-0.1, -0.05) is 42.5 Å². The maximum absolute atomic E-state index is 12.5. The van der Waals surface area contributed by atoms with E-state index in [1.54, 1.807) is 24.3 Å². The average molecular weight is 403 g/mol. The molecule has 30 heavy (non-hydrogen) atoms. The van der Waals surface area contributed by atoms with E-state index in [0.29, 0.717) is 22.6 Å². The molecule has 0 radical (unpaired) electrons. The van der Waals surface area contributed by atoms with Crippen LogP contribution in [-0.2, 0) is 11.2 Å². The Bertz CT molecular complexity index is 1050. The molecule has 0 saturated heterocycles. The minimum absolute atomic E-state index is 0.0958. The third kappa shape index (κ3) is 5.45. The van der Waals surface area contributed by atoms with Crippen LogP contribution in [0, 0.1) is 5.41 Å². The lowest BCUT2D eigenvalue weighted by atomic mass is 10.0. The molecule has 3 aromatic carbocycles. The molecule has 0 unspecified atom stereocenters. The van der Waals surface area contributed by atoms with Gasteiger partial charge in [0, 0.05) is 17.5 Å². The number of nitrogen functional groups attached to an aromatic ring is 1. The summed E-state index contributed by atoms with van der Waals surface area (Å²) in [5.74, 6) is -0.518. The second-order valence-electron chi connectivity index (χ2n) is 6.62. The highest BCUT2D eigenvalue weighted by Crippen LogP contribution is 2.22. The van der Waals surface area contributed by atoms with Gasteiger partial charge in [0.15, 0.2) is 0 Å². The molecule has 0 aliphatic rings. The van der Waals surface area contributed by atoms with Crippen LogP contribution in [0.15, 0.2) is 78.9 Å². The van der Waals surface area contributed by atoms with E-state index in [4.69, 9.17) is 15.9 Å². The molecule has 3 rings (SSSR count). The molecule has 7 heteroatoms. The number of aliphatic carboxylic acids is 1. The van der Waals surface area contributed by atoms with E-state index in [2.05, 4.69) is 5.32 Å². The Kier molecular flexibility index (Phi) is 6.44. The predicted molar refractivity (Wildman–Crippen MR) is 113 cm³/mol. The molecule has 0 saturated carbocycles. The first-order chi connectivity index (χ1) is 14.4. The highest BCUT2D eigenvalue weighted by Gasteiger charge is 2.21. The van der Waals surface area contributed by atoms with Crippen molar-refractivity contribution in [3.63, 3.8) is 0 Å². The van der Waals surface area contributed by atoms with Crippen LogP contribution in [0.2, 0.25) is 0 Å². The number of nitrogens with two attached hydrogens (primary N) is 1. The Morgan fingerprint density at radius 3 is 2.20 bits per heavy atom. The molecule has 3 aromatic rings. The summed E-state index contributed by atoms with van der Waals surface area (Å²) in [7, 11) is 0. The monoisotopic (exact) mass is 403 g/mol.